The smallest absolute Gasteiger partial charge is 0.252 e. The van der Waals surface area contributed by atoms with E-state index in [1.54, 1.807) is 14.0 Å². The van der Waals surface area contributed by atoms with Crippen LogP contribution < -0.4 is 5.43 Å². The molecule has 2 aliphatic heterocycles. The first-order valence-electron chi connectivity index (χ1n) is 11.6. The van der Waals surface area contributed by atoms with E-state index in [-0.39, 0.29) is 23.5 Å². The summed E-state index contributed by atoms with van der Waals surface area (Å²) in [6, 6.07) is 8.52. The Kier molecular flexibility index (Phi) is 7.21. The van der Waals surface area contributed by atoms with E-state index >= 15 is 0 Å². The molecule has 32 heavy (non-hydrogen) atoms. The van der Waals surface area contributed by atoms with Crippen LogP contribution in [0.3, 0.4) is 0 Å². The summed E-state index contributed by atoms with van der Waals surface area (Å²) in [7, 11) is 3.49. The highest BCUT2D eigenvalue weighted by molar-refractivity contribution is 7.76. The average molecular weight is 465 g/mol. The van der Waals surface area contributed by atoms with Crippen LogP contribution in [0.1, 0.15) is 56.9 Å². The predicted octanol–water partition coefficient (Wildman–Crippen LogP) is 2.82. The van der Waals surface area contributed by atoms with E-state index < -0.39 is 11.3 Å². The number of ether oxygens (including phenoxy) is 1. The van der Waals surface area contributed by atoms with Gasteiger partial charge in [-0.3, -0.25) is 14.2 Å². The molecule has 1 spiro atoms. The van der Waals surface area contributed by atoms with E-state index in [0.717, 1.165) is 50.0 Å². The quantitative estimate of drug-likeness (QED) is 0.497. The Morgan fingerprint density at radius 2 is 1.97 bits per heavy atom. The van der Waals surface area contributed by atoms with Crippen LogP contribution in [0.5, 0.6) is 0 Å². The van der Waals surface area contributed by atoms with Gasteiger partial charge in [0.25, 0.3) is 11.3 Å². The summed E-state index contributed by atoms with van der Waals surface area (Å²) in [4.78, 5) is 16.7. The number of anilines is 1. The van der Waals surface area contributed by atoms with Crippen molar-refractivity contribution in [3.8, 4) is 0 Å². The number of nitrogens with one attached hydrogen (secondary N) is 1. The van der Waals surface area contributed by atoms with Gasteiger partial charge in [-0.15, -0.1) is 4.41 Å². The van der Waals surface area contributed by atoms with Crippen LogP contribution in [0.2, 0.25) is 0 Å². The van der Waals surface area contributed by atoms with Gasteiger partial charge in [-0.25, -0.2) is 4.21 Å². The van der Waals surface area contributed by atoms with Crippen molar-refractivity contribution in [3.63, 3.8) is 0 Å². The first kappa shape index (κ1) is 23.6. The molecule has 1 aromatic carbocycles. The van der Waals surface area contributed by atoms with Crippen LogP contribution >= 0.6 is 0 Å². The number of amides is 1. The van der Waals surface area contributed by atoms with Gasteiger partial charge in [0.05, 0.1) is 17.9 Å². The second kappa shape index (κ2) is 9.77. The lowest BCUT2D eigenvalue weighted by Crippen LogP contribution is -2.57. The van der Waals surface area contributed by atoms with Crippen molar-refractivity contribution in [3.05, 3.63) is 29.8 Å². The normalized spacial score (nSPS) is 31.8. The molecule has 2 saturated heterocycles. The number of hydrazine groups is 1. The van der Waals surface area contributed by atoms with Crippen molar-refractivity contribution in [1.29, 1.82) is 0 Å². The standard InChI is InChI=1S/C23H36N4O4S/c1-17(28)25(2)21-10-11-23(15-22(21)27-12-6-7-13-27)14-18(16-31-23)19-8-4-5-9-20(19)24-26(3)32(29)30/h4-5,8-9,18,21-22,24H,6-7,10-16H2,1-3H3,(H,29,30). The molecule has 1 saturated carbocycles. The highest BCUT2D eigenvalue weighted by Gasteiger charge is 2.50. The van der Waals surface area contributed by atoms with E-state index in [1.165, 1.54) is 17.3 Å². The zero-order chi connectivity index (χ0) is 22.9. The van der Waals surface area contributed by atoms with Crippen LogP contribution in [-0.4, -0.2) is 80.4 Å². The Morgan fingerprint density at radius 3 is 2.66 bits per heavy atom. The van der Waals surface area contributed by atoms with Gasteiger partial charge in [0.2, 0.25) is 5.91 Å². The lowest BCUT2D eigenvalue weighted by Gasteiger charge is -2.48. The van der Waals surface area contributed by atoms with Gasteiger partial charge in [-0.2, -0.15) is 0 Å². The molecule has 1 aliphatic carbocycles. The molecule has 1 amide bonds. The van der Waals surface area contributed by atoms with Crippen LogP contribution in [0.15, 0.2) is 24.3 Å². The van der Waals surface area contributed by atoms with Crippen molar-refractivity contribution < 1.29 is 18.3 Å². The van der Waals surface area contributed by atoms with Crippen molar-refractivity contribution >= 4 is 22.9 Å². The summed E-state index contributed by atoms with van der Waals surface area (Å²) in [5.41, 5.74) is 4.82. The highest BCUT2D eigenvalue weighted by Crippen LogP contribution is 2.48. The Hall–Kier alpha value is -1.52. The monoisotopic (exact) mass is 464 g/mol. The number of likely N-dealkylation sites (tertiary alicyclic amines) is 1. The van der Waals surface area contributed by atoms with E-state index in [2.05, 4.69) is 16.4 Å². The Labute approximate surface area is 193 Å². The summed E-state index contributed by atoms with van der Waals surface area (Å²) in [5, 5.41) is 0. The maximum Gasteiger partial charge on any atom is 0.252 e. The van der Waals surface area contributed by atoms with Crippen molar-refractivity contribution in [2.45, 2.75) is 69.1 Å². The van der Waals surface area contributed by atoms with E-state index in [4.69, 9.17) is 4.74 Å². The predicted molar refractivity (Wildman–Crippen MR) is 125 cm³/mol. The average Bonchev–Trinajstić information content (AvgIpc) is 3.44. The number of rotatable bonds is 6. The van der Waals surface area contributed by atoms with E-state index in [9.17, 15) is 13.6 Å². The third kappa shape index (κ3) is 4.87. The molecule has 9 heteroatoms. The largest absolute Gasteiger partial charge is 0.374 e. The van der Waals surface area contributed by atoms with E-state index in [1.807, 2.05) is 30.1 Å². The molecular weight excluding hydrogens is 428 g/mol. The van der Waals surface area contributed by atoms with Gasteiger partial charge in [-0.1, -0.05) is 18.2 Å². The Balaban J connectivity index is 1.52. The van der Waals surface area contributed by atoms with Gasteiger partial charge in [0.15, 0.2) is 0 Å². The SMILES string of the molecule is CC(=O)N(C)C1CCC2(CC(c3ccccc3NN(C)S(=O)O)CO2)CC1N1CCCC1. The van der Waals surface area contributed by atoms with E-state index in [0.29, 0.717) is 12.6 Å². The van der Waals surface area contributed by atoms with Crippen LogP contribution in [0.25, 0.3) is 0 Å². The molecule has 3 aliphatic rings. The first-order chi connectivity index (χ1) is 15.3. The number of carbonyl (C=O) groups is 1. The minimum atomic E-state index is -2.10. The molecule has 0 bridgehead atoms. The number of likely N-dealkylation sites (N-methyl/N-ethyl adjacent to an activating group) is 1. The molecule has 8 nitrogen and oxygen atoms in total. The number of benzene rings is 1. The Bertz CT molecular complexity index is 849. The number of hydrogen-bond donors (Lipinski definition) is 2. The molecule has 1 aromatic rings. The zero-order valence-corrected chi connectivity index (χ0v) is 20.1. The molecular formula is C23H36N4O4S. The van der Waals surface area contributed by atoms with Crippen molar-refractivity contribution in [2.24, 2.45) is 0 Å². The van der Waals surface area contributed by atoms with Gasteiger partial charge < -0.3 is 15.1 Å². The van der Waals surface area contributed by atoms with Crippen molar-refractivity contribution in [1.82, 2.24) is 14.2 Å². The molecule has 2 N–H and O–H groups in total. The summed E-state index contributed by atoms with van der Waals surface area (Å²) in [5.74, 6) is 0.353. The van der Waals surface area contributed by atoms with Crippen LogP contribution in [0.4, 0.5) is 5.69 Å². The summed E-state index contributed by atoms with van der Waals surface area (Å²) in [6.07, 6.45) is 6.23. The lowest BCUT2D eigenvalue weighted by molar-refractivity contribution is -0.135. The maximum absolute atomic E-state index is 12.2. The summed E-state index contributed by atoms with van der Waals surface area (Å²) >= 11 is -2.10. The number of hydrogen-bond acceptors (Lipinski definition) is 5. The van der Waals surface area contributed by atoms with Gasteiger partial charge in [0, 0.05) is 39.0 Å². The molecule has 3 fully saturated rings. The molecule has 4 rings (SSSR count). The number of para-hydroxylation sites is 1. The molecule has 5 unspecified atom stereocenters. The van der Waals surface area contributed by atoms with Crippen molar-refractivity contribution in [2.75, 3.05) is 39.2 Å². The molecule has 5 atom stereocenters. The van der Waals surface area contributed by atoms with Gasteiger partial charge in [-0.05, 0) is 63.2 Å². The first-order valence-corrected chi connectivity index (χ1v) is 12.7. The fourth-order valence-electron chi connectivity index (χ4n) is 5.88. The van der Waals surface area contributed by atoms with Crippen LogP contribution in [0, 0.1) is 0 Å². The minimum absolute atomic E-state index is 0.130. The van der Waals surface area contributed by atoms with Gasteiger partial charge in [0.1, 0.15) is 0 Å². The third-order valence-electron chi connectivity index (χ3n) is 7.65. The number of carbonyl (C=O) groups excluding carboxylic acids is 1. The van der Waals surface area contributed by atoms with Crippen LogP contribution in [-0.2, 0) is 20.8 Å². The third-order valence-corrected chi connectivity index (χ3v) is 8.21. The number of nitrogens with zero attached hydrogens (tertiary/aromatic N) is 3. The topological polar surface area (TPSA) is 85.4 Å². The lowest BCUT2D eigenvalue weighted by atomic mass is 9.74. The molecule has 178 valence electrons. The Morgan fingerprint density at radius 1 is 1.25 bits per heavy atom. The fourth-order valence-corrected chi connectivity index (χ4v) is 6.05. The second-order valence-electron chi connectivity index (χ2n) is 9.57. The minimum Gasteiger partial charge on any atom is -0.374 e. The molecule has 0 aromatic heterocycles. The summed E-state index contributed by atoms with van der Waals surface area (Å²) < 4.78 is 28.5. The second-order valence-corrected chi connectivity index (χ2v) is 10.6. The molecule has 0 radical (unpaired) electrons. The van der Waals surface area contributed by atoms with Gasteiger partial charge >= 0.3 is 0 Å². The highest BCUT2D eigenvalue weighted by atomic mass is 32.2. The zero-order valence-electron chi connectivity index (χ0n) is 19.3. The summed E-state index contributed by atoms with van der Waals surface area (Å²) in [6.45, 7) is 4.51. The molecule has 2 heterocycles. The fraction of sp³-hybridized carbons (Fsp3) is 0.696. The maximum atomic E-state index is 12.2.